The molecule has 1 aliphatic heterocycles. The standard InChI is InChI=1S/C11H19N5O.ClH/c17-11(3-6-16-7-5-14-15-16)13-9-10-2-1-4-12-8-10;/h5,7,10,12H,1-4,6,8-9H2,(H,13,17);1H. The Bertz CT molecular complexity index is 337. The molecule has 1 aromatic heterocycles. The number of carbonyl (C=O) groups is 1. The predicted octanol–water partition coefficient (Wildman–Crippen LogP) is 0.206. The highest BCUT2D eigenvalue weighted by molar-refractivity contribution is 5.85. The second kappa shape index (κ2) is 8.05. The number of nitrogens with one attached hydrogen (secondary N) is 2. The number of nitrogens with zero attached hydrogens (tertiary/aromatic N) is 3. The summed E-state index contributed by atoms with van der Waals surface area (Å²) in [6, 6.07) is 0. The van der Waals surface area contributed by atoms with Crippen molar-refractivity contribution in [1.29, 1.82) is 0 Å². The molecule has 1 aromatic rings. The van der Waals surface area contributed by atoms with E-state index in [1.54, 1.807) is 17.1 Å². The van der Waals surface area contributed by atoms with Crippen LogP contribution in [0.1, 0.15) is 19.3 Å². The van der Waals surface area contributed by atoms with E-state index in [1.807, 2.05) is 0 Å². The van der Waals surface area contributed by atoms with Crippen LogP contribution in [0, 0.1) is 5.92 Å². The molecule has 0 bridgehead atoms. The summed E-state index contributed by atoms with van der Waals surface area (Å²) in [5, 5.41) is 13.8. The van der Waals surface area contributed by atoms with Gasteiger partial charge in [-0.3, -0.25) is 9.48 Å². The van der Waals surface area contributed by atoms with Gasteiger partial charge in [0, 0.05) is 19.2 Å². The lowest BCUT2D eigenvalue weighted by molar-refractivity contribution is -0.121. The summed E-state index contributed by atoms with van der Waals surface area (Å²) >= 11 is 0. The molecule has 102 valence electrons. The lowest BCUT2D eigenvalue weighted by atomic mass is 10.00. The van der Waals surface area contributed by atoms with Gasteiger partial charge in [-0.15, -0.1) is 17.5 Å². The zero-order valence-corrected chi connectivity index (χ0v) is 11.2. The smallest absolute Gasteiger partial charge is 0.221 e. The lowest BCUT2D eigenvalue weighted by Gasteiger charge is -2.22. The highest BCUT2D eigenvalue weighted by Gasteiger charge is 2.13. The summed E-state index contributed by atoms with van der Waals surface area (Å²) in [4.78, 5) is 11.6. The number of aromatic nitrogens is 3. The van der Waals surface area contributed by atoms with Crippen molar-refractivity contribution in [1.82, 2.24) is 25.6 Å². The number of hydrogen-bond donors (Lipinski definition) is 2. The van der Waals surface area contributed by atoms with Gasteiger partial charge >= 0.3 is 0 Å². The quantitative estimate of drug-likeness (QED) is 0.804. The molecule has 18 heavy (non-hydrogen) atoms. The van der Waals surface area contributed by atoms with E-state index in [0.717, 1.165) is 19.6 Å². The van der Waals surface area contributed by atoms with E-state index < -0.39 is 0 Å². The van der Waals surface area contributed by atoms with Gasteiger partial charge in [-0.2, -0.15) is 0 Å². The molecule has 0 spiro atoms. The van der Waals surface area contributed by atoms with E-state index in [-0.39, 0.29) is 18.3 Å². The van der Waals surface area contributed by atoms with Crippen LogP contribution >= 0.6 is 12.4 Å². The fourth-order valence-corrected chi connectivity index (χ4v) is 2.01. The van der Waals surface area contributed by atoms with E-state index >= 15 is 0 Å². The van der Waals surface area contributed by atoms with Crippen LogP contribution in [0.3, 0.4) is 0 Å². The summed E-state index contributed by atoms with van der Waals surface area (Å²) < 4.78 is 1.67. The minimum atomic E-state index is 0. The number of piperidine rings is 1. The maximum atomic E-state index is 11.6. The van der Waals surface area contributed by atoms with Crippen LogP contribution in [-0.4, -0.2) is 40.5 Å². The van der Waals surface area contributed by atoms with Gasteiger partial charge in [0.2, 0.25) is 5.91 Å². The number of rotatable bonds is 5. The van der Waals surface area contributed by atoms with Crippen molar-refractivity contribution >= 4 is 18.3 Å². The molecular formula is C11H20ClN5O. The minimum Gasteiger partial charge on any atom is -0.356 e. The topological polar surface area (TPSA) is 71.8 Å². The van der Waals surface area contributed by atoms with Crippen molar-refractivity contribution in [2.24, 2.45) is 5.92 Å². The van der Waals surface area contributed by atoms with Crippen molar-refractivity contribution in [3.05, 3.63) is 12.4 Å². The van der Waals surface area contributed by atoms with E-state index in [1.165, 1.54) is 12.8 Å². The molecule has 1 fully saturated rings. The minimum absolute atomic E-state index is 0. The first-order valence-corrected chi connectivity index (χ1v) is 6.16. The highest BCUT2D eigenvalue weighted by Crippen LogP contribution is 2.08. The molecule has 7 heteroatoms. The number of aryl methyl sites for hydroxylation is 1. The molecule has 2 rings (SSSR count). The molecular weight excluding hydrogens is 254 g/mol. The van der Waals surface area contributed by atoms with E-state index in [9.17, 15) is 4.79 Å². The third kappa shape index (κ3) is 5.01. The molecule has 0 radical (unpaired) electrons. The monoisotopic (exact) mass is 273 g/mol. The molecule has 0 saturated carbocycles. The summed E-state index contributed by atoms with van der Waals surface area (Å²) in [5.41, 5.74) is 0. The molecule has 1 unspecified atom stereocenters. The van der Waals surface area contributed by atoms with Crippen molar-refractivity contribution in [2.75, 3.05) is 19.6 Å². The zero-order chi connectivity index (χ0) is 11.9. The Balaban J connectivity index is 0.00000162. The number of carbonyl (C=O) groups excluding carboxylic acids is 1. The first kappa shape index (κ1) is 14.9. The van der Waals surface area contributed by atoms with Crippen LogP contribution in [0.15, 0.2) is 12.4 Å². The van der Waals surface area contributed by atoms with Gasteiger partial charge in [0.1, 0.15) is 0 Å². The Morgan fingerprint density at radius 1 is 1.56 bits per heavy atom. The Labute approximate surface area is 113 Å². The van der Waals surface area contributed by atoms with Crippen molar-refractivity contribution in [3.8, 4) is 0 Å². The molecule has 2 N–H and O–H groups in total. The van der Waals surface area contributed by atoms with Crippen molar-refractivity contribution in [2.45, 2.75) is 25.8 Å². The van der Waals surface area contributed by atoms with E-state index in [2.05, 4.69) is 20.9 Å². The fourth-order valence-electron chi connectivity index (χ4n) is 2.01. The van der Waals surface area contributed by atoms with Gasteiger partial charge in [-0.05, 0) is 31.8 Å². The molecule has 6 nitrogen and oxygen atoms in total. The third-order valence-corrected chi connectivity index (χ3v) is 3.03. The van der Waals surface area contributed by atoms with Gasteiger partial charge in [-0.25, -0.2) is 0 Å². The molecule has 1 saturated heterocycles. The molecule has 0 aromatic carbocycles. The van der Waals surface area contributed by atoms with Gasteiger partial charge in [-0.1, -0.05) is 5.21 Å². The van der Waals surface area contributed by atoms with Crippen LogP contribution in [0.25, 0.3) is 0 Å². The number of amides is 1. The van der Waals surface area contributed by atoms with Gasteiger partial charge in [0.25, 0.3) is 0 Å². The Morgan fingerprint density at radius 2 is 2.44 bits per heavy atom. The SMILES string of the molecule is Cl.O=C(CCn1ccnn1)NCC1CCCNC1. The van der Waals surface area contributed by atoms with E-state index in [0.29, 0.717) is 18.9 Å². The average Bonchev–Trinajstić information content (AvgIpc) is 2.88. The summed E-state index contributed by atoms with van der Waals surface area (Å²) in [5.74, 6) is 0.671. The normalized spacial score (nSPS) is 19.0. The van der Waals surface area contributed by atoms with E-state index in [4.69, 9.17) is 0 Å². The van der Waals surface area contributed by atoms with Gasteiger partial charge in [0.05, 0.1) is 12.7 Å². The van der Waals surface area contributed by atoms with Crippen LogP contribution in [0.2, 0.25) is 0 Å². The van der Waals surface area contributed by atoms with Crippen LogP contribution < -0.4 is 10.6 Å². The Morgan fingerprint density at radius 3 is 3.11 bits per heavy atom. The number of halogens is 1. The average molecular weight is 274 g/mol. The molecule has 0 aliphatic carbocycles. The first-order valence-electron chi connectivity index (χ1n) is 6.16. The fraction of sp³-hybridized carbons (Fsp3) is 0.727. The molecule has 1 atom stereocenters. The largest absolute Gasteiger partial charge is 0.356 e. The van der Waals surface area contributed by atoms with Crippen LogP contribution in [0.4, 0.5) is 0 Å². The number of hydrogen-bond acceptors (Lipinski definition) is 4. The summed E-state index contributed by atoms with van der Waals surface area (Å²) in [6.07, 6.45) is 6.25. The predicted molar refractivity (Wildman–Crippen MR) is 70.5 cm³/mol. The maximum absolute atomic E-state index is 11.6. The lowest BCUT2D eigenvalue weighted by Crippen LogP contribution is -2.38. The third-order valence-electron chi connectivity index (χ3n) is 3.03. The van der Waals surface area contributed by atoms with Gasteiger partial charge in [0.15, 0.2) is 0 Å². The Hall–Kier alpha value is -1.14. The maximum Gasteiger partial charge on any atom is 0.221 e. The second-order valence-electron chi connectivity index (χ2n) is 4.43. The summed E-state index contributed by atoms with van der Waals surface area (Å²) in [6.45, 7) is 3.50. The molecule has 2 heterocycles. The highest BCUT2D eigenvalue weighted by atomic mass is 35.5. The summed E-state index contributed by atoms with van der Waals surface area (Å²) in [7, 11) is 0. The van der Waals surface area contributed by atoms with Crippen molar-refractivity contribution in [3.63, 3.8) is 0 Å². The van der Waals surface area contributed by atoms with Crippen LogP contribution in [0.5, 0.6) is 0 Å². The molecule has 1 amide bonds. The zero-order valence-electron chi connectivity index (χ0n) is 10.3. The Kier molecular flexibility index (Phi) is 6.67. The first-order chi connectivity index (χ1) is 8.34. The molecule has 1 aliphatic rings. The van der Waals surface area contributed by atoms with Crippen LogP contribution in [-0.2, 0) is 11.3 Å². The van der Waals surface area contributed by atoms with Crippen molar-refractivity contribution < 1.29 is 4.79 Å². The second-order valence-corrected chi connectivity index (χ2v) is 4.43. The van der Waals surface area contributed by atoms with Gasteiger partial charge < -0.3 is 10.6 Å².